The number of rotatable bonds is 8. The van der Waals surface area contributed by atoms with Crippen molar-refractivity contribution in [3.63, 3.8) is 0 Å². The largest absolute Gasteiger partial charge is 0.586 e. The van der Waals surface area contributed by atoms with Crippen LogP contribution in [0, 0.1) is 23.7 Å². The highest BCUT2D eigenvalue weighted by Gasteiger charge is 2.59. The van der Waals surface area contributed by atoms with E-state index < -0.39 is 24.2 Å². The topological polar surface area (TPSA) is 136 Å². The molecule has 6 fully saturated rings. The first-order chi connectivity index (χ1) is 21.7. The zero-order valence-corrected chi connectivity index (χ0v) is 24.9. The molecule has 9 rings (SSSR count). The van der Waals surface area contributed by atoms with Gasteiger partial charge in [0.1, 0.15) is 17.7 Å². The van der Waals surface area contributed by atoms with Crippen LogP contribution >= 0.6 is 0 Å². The SMILES string of the molecule is COc1ncnc(N[C@H]2CC3(N4CCOCC4)CC2C3)c1C(=O)N[C@@H]1[C@H]2CC[C@H](C2)[C@@H]1C(=O)Nc1ccc2c(c1)OC(F)(F)O2. The van der Waals surface area contributed by atoms with Crippen molar-refractivity contribution < 1.29 is 37.3 Å². The lowest BCUT2D eigenvalue weighted by molar-refractivity contribution is -0.286. The maximum atomic E-state index is 14.0. The van der Waals surface area contributed by atoms with E-state index in [0.29, 0.717) is 17.4 Å². The summed E-state index contributed by atoms with van der Waals surface area (Å²) in [7, 11) is 1.47. The zero-order chi connectivity index (χ0) is 30.9. The van der Waals surface area contributed by atoms with Gasteiger partial charge < -0.3 is 34.9 Å². The van der Waals surface area contributed by atoms with Gasteiger partial charge in [0.05, 0.1) is 26.2 Å². The normalized spacial score (nSPS) is 33.8. The highest BCUT2D eigenvalue weighted by molar-refractivity contribution is 6.02. The molecule has 240 valence electrons. The number of hydrogen-bond acceptors (Lipinski definition) is 10. The fraction of sp³-hybridized carbons (Fsp3) is 0.613. The summed E-state index contributed by atoms with van der Waals surface area (Å²) in [5.74, 6) is -0.127. The summed E-state index contributed by atoms with van der Waals surface area (Å²) in [6.07, 6.45) is 3.44. The van der Waals surface area contributed by atoms with E-state index in [1.807, 2.05) is 0 Å². The van der Waals surface area contributed by atoms with E-state index in [1.165, 1.54) is 31.6 Å². The van der Waals surface area contributed by atoms with Crippen molar-refractivity contribution >= 4 is 23.3 Å². The number of halogens is 2. The molecule has 2 aliphatic heterocycles. The molecule has 14 heteroatoms. The molecule has 2 aromatic rings. The molecule has 0 radical (unpaired) electrons. The summed E-state index contributed by atoms with van der Waals surface area (Å²) >= 11 is 0. The lowest BCUT2D eigenvalue weighted by Gasteiger charge is -2.49. The highest BCUT2D eigenvalue weighted by Crippen LogP contribution is 2.56. The number of anilines is 2. The second-order valence-corrected chi connectivity index (χ2v) is 13.2. The number of benzene rings is 1. The third kappa shape index (κ3) is 4.93. The van der Waals surface area contributed by atoms with Gasteiger partial charge in [-0.3, -0.25) is 14.5 Å². The number of methoxy groups -OCH3 is 1. The molecular weight excluding hydrogens is 590 g/mol. The Morgan fingerprint density at radius 3 is 2.60 bits per heavy atom. The molecule has 12 nitrogen and oxygen atoms in total. The van der Waals surface area contributed by atoms with Gasteiger partial charge in [-0.15, -0.1) is 8.78 Å². The molecule has 1 aromatic carbocycles. The van der Waals surface area contributed by atoms with Crippen LogP contribution in [-0.2, 0) is 9.53 Å². The maximum absolute atomic E-state index is 14.0. The summed E-state index contributed by atoms with van der Waals surface area (Å²) < 4.78 is 47.1. The lowest BCUT2D eigenvalue weighted by atomic mass is 9.75. The summed E-state index contributed by atoms with van der Waals surface area (Å²) in [6, 6.07) is 3.88. The predicted molar refractivity (Wildman–Crippen MR) is 155 cm³/mol. The molecule has 3 heterocycles. The molecule has 0 spiro atoms. The monoisotopic (exact) mass is 626 g/mol. The minimum atomic E-state index is -3.75. The number of aromatic nitrogens is 2. The van der Waals surface area contributed by atoms with E-state index in [2.05, 4.69) is 40.3 Å². The second-order valence-electron chi connectivity index (χ2n) is 13.2. The number of carbonyl (C=O) groups excluding carboxylic acids is 2. The van der Waals surface area contributed by atoms with Crippen LogP contribution in [0.1, 0.15) is 48.9 Å². The van der Waals surface area contributed by atoms with Crippen LogP contribution in [-0.4, -0.2) is 84.0 Å². The Morgan fingerprint density at radius 1 is 1.02 bits per heavy atom. The Bertz CT molecular complexity index is 1520. The van der Waals surface area contributed by atoms with E-state index in [9.17, 15) is 18.4 Å². The first-order valence-corrected chi connectivity index (χ1v) is 15.7. The van der Waals surface area contributed by atoms with Gasteiger partial charge in [-0.1, -0.05) is 0 Å². The fourth-order valence-electron chi connectivity index (χ4n) is 8.90. The van der Waals surface area contributed by atoms with Crippen LogP contribution in [0.5, 0.6) is 17.4 Å². The van der Waals surface area contributed by atoms with Crippen LogP contribution in [0.2, 0.25) is 0 Å². The minimum absolute atomic E-state index is 0.0897. The zero-order valence-electron chi connectivity index (χ0n) is 24.9. The van der Waals surface area contributed by atoms with Crippen LogP contribution in [0.4, 0.5) is 20.3 Å². The molecule has 0 unspecified atom stereocenters. The molecule has 45 heavy (non-hydrogen) atoms. The summed E-state index contributed by atoms with van der Waals surface area (Å²) in [5, 5.41) is 9.57. The van der Waals surface area contributed by atoms with Gasteiger partial charge in [0.25, 0.3) is 5.91 Å². The average molecular weight is 627 g/mol. The summed E-state index contributed by atoms with van der Waals surface area (Å²) in [6.45, 7) is 3.40. The number of ether oxygens (including phenoxy) is 4. The van der Waals surface area contributed by atoms with Gasteiger partial charge in [-0.05, 0) is 68.4 Å². The van der Waals surface area contributed by atoms with E-state index >= 15 is 0 Å². The first-order valence-electron chi connectivity index (χ1n) is 15.7. The van der Waals surface area contributed by atoms with Crippen LogP contribution in [0.3, 0.4) is 0 Å². The molecule has 5 atom stereocenters. The molecule has 1 aromatic heterocycles. The number of fused-ring (bicyclic) bond motifs is 4. The number of nitrogens with one attached hydrogen (secondary N) is 3. The number of morpholine rings is 1. The molecule has 2 amide bonds. The summed E-state index contributed by atoms with van der Waals surface area (Å²) in [5.41, 5.74) is 0.708. The van der Waals surface area contributed by atoms with Gasteiger partial charge in [-0.2, -0.15) is 0 Å². The number of carbonyl (C=O) groups is 2. The van der Waals surface area contributed by atoms with Gasteiger partial charge in [-0.25, -0.2) is 9.97 Å². The molecular formula is C31H36F2N6O6. The Morgan fingerprint density at radius 2 is 1.80 bits per heavy atom. The number of amides is 2. The van der Waals surface area contributed by atoms with Crippen molar-refractivity contribution in [1.82, 2.24) is 20.2 Å². The molecule has 4 bridgehead atoms. The van der Waals surface area contributed by atoms with Crippen molar-refractivity contribution in [1.29, 1.82) is 0 Å². The second kappa shape index (κ2) is 10.6. The highest BCUT2D eigenvalue weighted by atomic mass is 19.3. The maximum Gasteiger partial charge on any atom is 0.586 e. The Labute approximate surface area is 258 Å². The van der Waals surface area contributed by atoms with E-state index in [-0.39, 0.29) is 52.3 Å². The third-order valence-corrected chi connectivity index (χ3v) is 10.9. The Kier molecular flexibility index (Phi) is 6.79. The third-order valence-electron chi connectivity index (χ3n) is 10.9. The van der Waals surface area contributed by atoms with Crippen LogP contribution < -0.4 is 30.2 Å². The van der Waals surface area contributed by atoms with E-state index in [4.69, 9.17) is 9.47 Å². The van der Waals surface area contributed by atoms with Crippen LogP contribution in [0.25, 0.3) is 0 Å². The summed E-state index contributed by atoms with van der Waals surface area (Å²) in [4.78, 5) is 38.9. The van der Waals surface area contributed by atoms with Gasteiger partial charge in [0, 0.05) is 42.5 Å². The minimum Gasteiger partial charge on any atom is -0.480 e. The molecule has 1 saturated heterocycles. The fourth-order valence-corrected chi connectivity index (χ4v) is 8.90. The quantitative estimate of drug-likeness (QED) is 0.401. The number of nitrogens with zero attached hydrogens (tertiary/aromatic N) is 3. The van der Waals surface area contributed by atoms with Gasteiger partial charge in [0.2, 0.25) is 11.8 Å². The molecule has 5 aliphatic carbocycles. The molecule has 3 N–H and O–H groups in total. The van der Waals surface area contributed by atoms with Crippen molar-refractivity contribution in [3.05, 3.63) is 30.1 Å². The van der Waals surface area contributed by atoms with Gasteiger partial charge in [0.15, 0.2) is 11.5 Å². The smallest absolute Gasteiger partial charge is 0.480 e. The molecule has 7 aliphatic rings. The van der Waals surface area contributed by atoms with Crippen molar-refractivity contribution in [2.24, 2.45) is 23.7 Å². The lowest BCUT2D eigenvalue weighted by Crippen LogP contribution is -2.56. The predicted octanol–water partition coefficient (Wildman–Crippen LogP) is 3.26. The average Bonchev–Trinajstić information content (AvgIpc) is 3.82. The van der Waals surface area contributed by atoms with Crippen molar-refractivity contribution in [2.45, 2.75) is 62.4 Å². The van der Waals surface area contributed by atoms with Crippen molar-refractivity contribution in [2.75, 3.05) is 44.0 Å². The Balaban J connectivity index is 0.985. The number of hydrogen-bond donors (Lipinski definition) is 3. The van der Waals surface area contributed by atoms with E-state index in [0.717, 1.165) is 64.8 Å². The first kappa shape index (κ1) is 28.7. The van der Waals surface area contributed by atoms with Crippen molar-refractivity contribution in [3.8, 4) is 17.4 Å². The number of alkyl halides is 2. The molecule has 5 saturated carbocycles. The van der Waals surface area contributed by atoms with Crippen LogP contribution in [0.15, 0.2) is 24.5 Å². The van der Waals surface area contributed by atoms with Gasteiger partial charge >= 0.3 is 6.29 Å². The van der Waals surface area contributed by atoms with E-state index in [1.54, 1.807) is 0 Å². The Hall–Kier alpha value is -3.78. The standard InChI is InChI=1S/C31H36F2N6O6/c1-42-29-24(26(34-15-35-29)37-20-14-30(12-18(20)13-30)39-6-8-43-9-7-39)28(41)38-25-17-3-2-16(10-17)23(25)27(40)36-19-4-5-21-22(11-19)45-31(32,33)44-21/h4-5,11,15-18,20,23,25H,2-3,6-10,12-14H2,1H3,(H,36,40)(H,38,41)(H,34,35,37)/t16-,17+,18?,20+,23+,25-,30?/m1/s1.